The van der Waals surface area contributed by atoms with Crippen LogP contribution in [0.15, 0.2) is 27.0 Å². The maximum Gasteiger partial charge on any atom is 0.371 e. The average Bonchev–Trinajstić information content (AvgIpc) is 3.05. The molecule has 2 aromatic heterocycles. The number of likely N-dealkylation sites (N-methyl/N-ethyl adjacent to an activating group) is 1. The first kappa shape index (κ1) is 15.6. The Morgan fingerprint density at radius 1 is 1.43 bits per heavy atom. The molecule has 0 fully saturated rings. The molecule has 1 amide bonds. The summed E-state index contributed by atoms with van der Waals surface area (Å²) in [7, 11) is 3.42. The van der Waals surface area contributed by atoms with Crippen molar-refractivity contribution in [2.75, 3.05) is 14.1 Å². The molecule has 0 saturated heterocycles. The van der Waals surface area contributed by atoms with Crippen molar-refractivity contribution in [3.05, 3.63) is 34.0 Å². The van der Waals surface area contributed by atoms with Crippen molar-refractivity contribution < 1.29 is 19.1 Å². The Labute approximate surface area is 129 Å². The normalized spacial score (nSPS) is 10.6. The van der Waals surface area contributed by atoms with Crippen molar-refractivity contribution in [2.24, 2.45) is 0 Å². The molecule has 21 heavy (non-hydrogen) atoms. The second kappa shape index (κ2) is 6.77. The highest BCUT2D eigenvalue weighted by Gasteiger charge is 2.12. The van der Waals surface area contributed by atoms with E-state index in [1.54, 1.807) is 20.2 Å². The standard InChI is InChI=1S/C13H14N2O4S2/c1-15(2)11(16)5-10-14-8(6-20-10)7-21-12-4-3-9(19-12)13(17)18/h3-4,6H,5,7H2,1-2H3,(H,17,18). The summed E-state index contributed by atoms with van der Waals surface area (Å²) in [5.74, 6) is -0.576. The SMILES string of the molecule is CN(C)C(=O)Cc1nc(CSc2ccc(C(=O)O)o2)cs1. The number of hydrogen-bond donors (Lipinski definition) is 1. The van der Waals surface area contributed by atoms with E-state index in [0.717, 1.165) is 10.7 Å². The number of carbonyl (C=O) groups excluding carboxylic acids is 1. The number of aromatic carboxylic acids is 1. The lowest BCUT2D eigenvalue weighted by atomic mass is 10.4. The summed E-state index contributed by atoms with van der Waals surface area (Å²) in [6.45, 7) is 0. The summed E-state index contributed by atoms with van der Waals surface area (Å²) in [4.78, 5) is 28.2. The monoisotopic (exact) mass is 326 g/mol. The van der Waals surface area contributed by atoms with E-state index in [1.807, 2.05) is 5.38 Å². The first-order valence-electron chi connectivity index (χ1n) is 6.05. The van der Waals surface area contributed by atoms with Crippen LogP contribution in [0.1, 0.15) is 21.3 Å². The summed E-state index contributed by atoms with van der Waals surface area (Å²) >= 11 is 2.81. The number of aromatic nitrogens is 1. The molecule has 0 aliphatic carbocycles. The second-order valence-corrected chi connectivity index (χ2v) is 6.33. The van der Waals surface area contributed by atoms with Gasteiger partial charge >= 0.3 is 5.97 Å². The minimum atomic E-state index is -1.08. The molecule has 0 bridgehead atoms. The molecule has 0 atom stereocenters. The number of thioether (sulfide) groups is 1. The fourth-order valence-corrected chi connectivity index (χ4v) is 3.08. The highest BCUT2D eigenvalue weighted by molar-refractivity contribution is 7.98. The minimum Gasteiger partial charge on any atom is -0.475 e. The molecule has 6 nitrogen and oxygen atoms in total. The molecule has 0 radical (unpaired) electrons. The molecule has 0 aliphatic heterocycles. The van der Waals surface area contributed by atoms with Gasteiger partial charge in [0, 0.05) is 25.2 Å². The maximum atomic E-state index is 11.6. The first-order chi connectivity index (χ1) is 9.95. The Morgan fingerprint density at radius 3 is 2.81 bits per heavy atom. The van der Waals surface area contributed by atoms with E-state index in [-0.39, 0.29) is 11.7 Å². The van der Waals surface area contributed by atoms with Crippen molar-refractivity contribution in [3.8, 4) is 0 Å². The maximum absolute atomic E-state index is 11.6. The number of carbonyl (C=O) groups is 2. The highest BCUT2D eigenvalue weighted by Crippen LogP contribution is 2.25. The summed E-state index contributed by atoms with van der Waals surface area (Å²) in [5, 5.41) is 12.0. The fourth-order valence-electron chi connectivity index (χ4n) is 1.44. The van der Waals surface area contributed by atoms with Gasteiger partial charge in [0.15, 0.2) is 5.09 Å². The van der Waals surface area contributed by atoms with Gasteiger partial charge in [0.2, 0.25) is 11.7 Å². The van der Waals surface area contributed by atoms with E-state index < -0.39 is 5.97 Å². The summed E-state index contributed by atoms with van der Waals surface area (Å²) in [6, 6.07) is 3.05. The third kappa shape index (κ3) is 4.33. The lowest BCUT2D eigenvalue weighted by molar-refractivity contribution is -0.127. The summed E-state index contributed by atoms with van der Waals surface area (Å²) in [6.07, 6.45) is 0.298. The van der Waals surface area contributed by atoms with Crippen LogP contribution >= 0.6 is 23.1 Å². The number of amides is 1. The Kier molecular flexibility index (Phi) is 5.03. The van der Waals surface area contributed by atoms with E-state index in [4.69, 9.17) is 9.52 Å². The fraction of sp³-hybridized carbons (Fsp3) is 0.308. The van der Waals surface area contributed by atoms with Crippen LogP contribution in [0.25, 0.3) is 0 Å². The number of carboxylic acid groups (broad SMARTS) is 1. The Morgan fingerprint density at radius 2 is 2.19 bits per heavy atom. The topological polar surface area (TPSA) is 83.6 Å². The van der Waals surface area contributed by atoms with Crippen LogP contribution in [0.3, 0.4) is 0 Å². The van der Waals surface area contributed by atoms with Crippen molar-refractivity contribution in [2.45, 2.75) is 17.3 Å². The Bertz CT molecular complexity index is 648. The van der Waals surface area contributed by atoms with Gasteiger partial charge < -0.3 is 14.4 Å². The smallest absolute Gasteiger partial charge is 0.371 e. The van der Waals surface area contributed by atoms with E-state index >= 15 is 0 Å². The van der Waals surface area contributed by atoms with Crippen molar-refractivity contribution in [1.82, 2.24) is 9.88 Å². The molecular weight excluding hydrogens is 312 g/mol. The van der Waals surface area contributed by atoms with Crippen LogP contribution in [-0.4, -0.2) is 41.0 Å². The number of furan rings is 1. The van der Waals surface area contributed by atoms with Gasteiger partial charge in [0.05, 0.1) is 12.1 Å². The third-order valence-electron chi connectivity index (χ3n) is 2.55. The van der Waals surface area contributed by atoms with Crippen molar-refractivity contribution >= 4 is 35.0 Å². The molecule has 1 N–H and O–H groups in total. The summed E-state index contributed by atoms with van der Waals surface area (Å²) < 4.78 is 5.15. The lowest BCUT2D eigenvalue weighted by Crippen LogP contribution is -2.23. The van der Waals surface area contributed by atoms with Gasteiger partial charge in [-0.05, 0) is 12.1 Å². The molecule has 0 unspecified atom stereocenters. The van der Waals surface area contributed by atoms with Crippen LogP contribution in [0.5, 0.6) is 0 Å². The predicted octanol–water partition coefficient (Wildman–Crippen LogP) is 2.36. The molecule has 0 aromatic carbocycles. The van der Waals surface area contributed by atoms with E-state index in [2.05, 4.69) is 4.98 Å². The molecule has 112 valence electrons. The van der Waals surface area contributed by atoms with E-state index in [1.165, 1.54) is 34.1 Å². The van der Waals surface area contributed by atoms with E-state index in [9.17, 15) is 9.59 Å². The third-order valence-corrected chi connectivity index (χ3v) is 4.40. The molecular formula is C13H14N2O4S2. The zero-order valence-electron chi connectivity index (χ0n) is 11.5. The van der Waals surface area contributed by atoms with Gasteiger partial charge in [-0.1, -0.05) is 11.8 Å². The Hall–Kier alpha value is -1.80. The van der Waals surface area contributed by atoms with Crippen LogP contribution in [0.2, 0.25) is 0 Å². The van der Waals surface area contributed by atoms with Gasteiger partial charge in [-0.15, -0.1) is 11.3 Å². The van der Waals surface area contributed by atoms with E-state index in [0.29, 0.717) is 17.3 Å². The Balaban J connectivity index is 1.90. The number of rotatable bonds is 6. The quantitative estimate of drug-likeness (QED) is 0.820. The zero-order chi connectivity index (χ0) is 15.4. The number of carboxylic acids is 1. The van der Waals surface area contributed by atoms with Crippen molar-refractivity contribution in [3.63, 3.8) is 0 Å². The van der Waals surface area contributed by atoms with Crippen LogP contribution in [0.4, 0.5) is 0 Å². The van der Waals surface area contributed by atoms with Gasteiger partial charge in [-0.2, -0.15) is 0 Å². The predicted molar refractivity (Wildman–Crippen MR) is 79.7 cm³/mol. The molecule has 2 aromatic rings. The van der Waals surface area contributed by atoms with Crippen molar-refractivity contribution in [1.29, 1.82) is 0 Å². The second-order valence-electron chi connectivity index (χ2n) is 4.41. The van der Waals surface area contributed by atoms with Crippen LogP contribution in [-0.2, 0) is 17.0 Å². The minimum absolute atomic E-state index is 0.0145. The molecule has 2 rings (SSSR count). The van der Waals surface area contributed by atoms with Crippen LogP contribution < -0.4 is 0 Å². The van der Waals surface area contributed by atoms with Gasteiger partial charge in [-0.25, -0.2) is 9.78 Å². The van der Waals surface area contributed by atoms with Gasteiger partial charge in [0.25, 0.3) is 0 Å². The molecule has 2 heterocycles. The zero-order valence-corrected chi connectivity index (χ0v) is 13.2. The number of hydrogen-bond acceptors (Lipinski definition) is 6. The number of thiazole rings is 1. The molecule has 0 spiro atoms. The largest absolute Gasteiger partial charge is 0.475 e. The molecule has 0 aliphatic rings. The average molecular weight is 326 g/mol. The highest BCUT2D eigenvalue weighted by atomic mass is 32.2. The van der Waals surface area contributed by atoms with Gasteiger partial charge in [0.1, 0.15) is 5.01 Å². The summed E-state index contributed by atoms with van der Waals surface area (Å²) in [5.41, 5.74) is 0.847. The first-order valence-corrected chi connectivity index (χ1v) is 7.91. The molecule has 8 heteroatoms. The molecule has 0 saturated carbocycles. The lowest BCUT2D eigenvalue weighted by Gasteiger charge is -2.07. The van der Waals surface area contributed by atoms with Gasteiger partial charge in [-0.3, -0.25) is 4.79 Å². The number of nitrogens with zero attached hydrogens (tertiary/aromatic N) is 2. The van der Waals surface area contributed by atoms with Crippen LogP contribution in [0, 0.1) is 0 Å².